The molecule has 1 aromatic rings. The molecule has 0 aliphatic rings. The fourth-order valence-electron chi connectivity index (χ4n) is 0.965. The average molecular weight is 259 g/mol. The first-order valence-corrected chi connectivity index (χ1v) is 6.46. The number of nitrogens with one attached hydrogen (secondary N) is 1. The zero-order chi connectivity index (χ0) is 12.3. The molecule has 1 rings (SSSR count). The number of pyridine rings is 1. The Bertz CT molecular complexity index is 401. The van der Waals surface area contributed by atoms with Crippen molar-refractivity contribution in [2.24, 2.45) is 5.41 Å². The van der Waals surface area contributed by atoms with Crippen LogP contribution < -0.4 is 5.32 Å². The molecule has 1 N–H and O–H groups in total. The van der Waals surface area contributed by atoms with E-state index >= 15 is 0 Å². The van der Waals surface area contributed by atoms with Gasteiger partial charge in [-0.3, -0.25) is 4.79 Å². The van der Waals surface area contributed by atoms with Gasteiger partial charge in [-0.1, -0.05) is 32.4 Å². The Kier molecular flexibility index (Phi) is 4.21. The maximum absolute atomic E-state index is 11.8. The molecule has 1 amide bonds. The van der Waals surface area contributed by atoms with E-state index < -0.39 is 5.41 Å². The zero-order valence-corrected chi connectivity index (χ0v) is 11.4. The van der Waals surface area contributed by atoms with Crippen LogP contribution in [0.3, 0.4) is 0 Å². The highest BCUT2D eigenvalue weighted by atomic mass is 35.5. The summed E-state index contributed by atoms with van der Waals surface area (Å²) in [6, 6.07) is 1.79. The van der Waals surface area contributed by atoms with Gasteiger partial charge >= 0.3 is 0 Å². The molecular formula is C11H15ClN2OS. The van der Waals surface area contributed by atoms with Gasteiger partial charge in [0.15, 0.2) is 0 Å². The summed E-state index contributed by atoms with van der Waals surface area (Å²) in [4.78, 5) is 16.8. The lowest BCUT2D eigenvalue weighted by Crippen LogP contribution is -2.28. The van der Waals surface area contributed by atoms with E-state index in [1.165, 1.54) is 18.0 Å². The lowest BCUT2D eigenvalue weighted by atomic mass is 9.96. The molecular weight excluding hydrogens is 244 g/mol. The van der Waals surface area contributed by atoms with Crippen molar-refractivity contribution in [1.29, 1.82) is 0 Å². The summed E-state index contributed by atoms with van der Waals surface area (Å²) in [7, 11) is 0. The number of amides is 1. The summed E-state index contributed by atoms with van der Waals surface area (Å²) in [6.07, 6.45) is 3.44. The molecule has 0 bridgehead atoms. The first-order valence-electron chi connectivity index (χ1n) is 4.85. The van der Waals surface area contributed by atoms with E-state index in [1.54, 1.807) is 6.07 Å². The first-order chi connectivity index (χ1) is 7.34. The Labute approximate surface area is 105 Å². The Hall–Kier alpha value is -0.740. The van der Waals surface area contributed by atoms with Gasteiger partial charge in [0, 0.05) is 11.6 Å². The number of nitrogens with zero attached hydrogens (tertiary/aromatic N) is 1. The number of hydrogen-bond acceptors (Lipinski definition) is 3. The predicted octanol–water partition coefficient (Wildman–Crippen LogP) is 3.44. The standard InChI is InChI=1S/C11H15ClN2OS/c1-11(2,3)10(15)14-9-8(16-4)5-7(12)6-13-9/h5-6H,1-4H3,(H,13,14,15). The molecule has 0 saturated heterocycles. The minimum Gasteiger partial charge on any atom is -0.309 e. The van der Waals surface area contributed by atoms with Gasteiger partial charge in [-0.2, -0.15) is 0 Å². The molecule has 0 radical (unpaired) electrons. The van der Waals surface area contributed by atoms with E-state index in [0.717, 1.165) is 4.90 Å². The second-order valence-electron chi connectivity index (χ2n) is 4.41. The Balaban J connectivity index is 2.93. The fraction of sp³-hybridized carbons (Fsp3) is 0.455. The fourth-order valence-corrected chi connectivity index (χ4v) is 1.73. The third-order valence-corrected chi connectivity index (χ3v) is 2.91. The third-order valence-electron chi connectivity index (χ3n) is 1.95. The van der Waals surface area contributed by atoms with Crippen molar-refractivity contribution in [2.75, 3.05) is 11.6 Å². The lowest BCUT2D eigenvalue weighted by molar-refractivity contribution is -0.123. The van der Waals surface area contributed by atoms with Crippen LogP contribution in [0.15, 0.2) is 17.2 Å². The lowest BCUT2D eigenvalue weighted by Gasteiger charge is -2.18. The second kappa shape index (κ2) is 5.06. The molecule has 1 heterocycles. The van der Waals surface area contributed by atoms with Gasteiger partial charge in [0.2, 0.25) is 5.91 Å². The molecule has 1 aromatic heterocycles. The van der Waals surface area contributed by atoms with E-state index in [1.807, 2.05) is 27.0 Å². The zero-order valence-electron chi connectivity index (χ0n) is 9.80. The number of carbonyl (C=O) groups excluding carboxylic acids is 1. The molecule has 5 heteroatoms. The average Bonchev–Trinajstić information content (AvgIpc) is 2.19. The van der Waals surface area contributed by atoms with Crippen LogP contribution in [0.25, 0.3) is 0 Å². The van der Waals surface area contributed by atoms with Crippen molar-refractivity contribution in [3.05, 3.63) is 17.3 Å². The van der Waals surface area contributed by atoms with Crippen molar-refractivity contribution in [1.82, 2.24) is 4.98 Å². The van der Waals surface area contributed by atoms with Crippen molar-refractivity contribution >= 4 is 35.1 Å². The maximum Gasteiger partial charge on any atom is 0.230 e. The van der Waals surface area contributed by atoms with Gasteiger partial charge in [0.25, 0.3) is 0 Å². The van der Waals surface area contributed by atoms with E-state index in [-0.39, 0.29) is 5.91 Å². The van der Waals surface area contributed by atoms with Gasteiger partial charge in [0.1, 0.15) is 5.82 Å². The van der Waals surface area contributed by atoms with E-state index in [4.69, 9.17) is 11.6 Å². The topological polar surface area (TPSA) is 42.0 Å². The molecule has 3 nitrogen and oxygen atoms in total. The highest BCUT2D eigenvalue weighted by Gasteiger charge is 2.22. The molecule has 88 valence electrons. The summed E-state index contributed by atoms with van der Waals surface area (Å²) in [5.41, 5.74) is -0.434. The molecule has 16 heavy (non-hydrogen) atoms. The van der Waals surface area contributed by atoms with Crippen LogP contribution in [0.5, 0.6) is 0 Å². The molecule has 0 unspecified atom stereocenters. The number of aromatic nitrogens is 1. The number of halogens is 1. The Morgan fingerprint density at radius 2 is 2.12 bits per heavy atom. The molecule has 0 fully saturated rings. The van der Waals surface area contributed by atoms with Gasteiger partial charge < -0.3 is 5.32 Å². The van der Waals surface area contributed by atoms with Crippen LogP contribution in [-0.4, -0.2) is 17.1 Å². The summed E-state index contributed by atoms with van der Waals surface area (Å²) >= 11 is 7.33. The quantitative estimate of drug-likeness (QED) is 0.827. The number of anilines is 1. The van der Waals surface area contributed by atoms with Crippen LogP contribution >= 0.6 is 23.4 Å². The summed E-state index contributed by atoms with van der Waals surface area (Å²) in [5.74, 6) is 0.509. The van der Waals surface area contributed by atoms with Crippen LogP contribution in [0, 0.1) is 5.41 Å². The highest BCUT2D eigenvalue weighted by molar-refractivity contribution is 7.98. The van der Waals surface area contributed by atoms with Gasteiger partial charge in [-0.15, -0.1) is 11.8 Å². The van der Waals surface area contributed by atoms with E-state index in [0.29, 0.717) is 10.8 Å². The third kappa shape index (κ3) is 3.39. The molecule has 0 atom stereocenters. The van der Waals surface area contributed by atoms with E-state index in [2.05, 4.69) is 10.3 Å². The van der Waals surface area contributed by atoms with Gasteiger partial charge in [-0.05, 0) is 12.3 Å². The van der Waals surface area contributed by atoms with Crippen molar-refractivity contribution in [3.8, 4) is 0 Å². The summed E-state index contributed by atoms with van der Waals surface area (Å²) < 4.78 is 0. The first kappa shape index (κ1) is 13.3. The van der Waals surface area contributed by atoms with Gasteiger partial charge in [-0.25, -0.2) is 4.98 Å². The minimum atomic E-state index is -0.434. The second-order valence-corrected chi connectivity index (χ2v) is 5.69. The normalized spacial score (nSPS) is 11.3. The van der Waals surface area contributed by atoms with Crippen molar-refractivity contribution in [3.63, 3.8) is 0 Å². The van der Waals surface area contributed by atoms with Crippen molar-refractivity contribution < 1.29 is 4.79 Å². The Morgan fingerprint density at radius 1 is 1.50 bits per heavy atom. The molecule has 0 aliphatic carbocycles. The summed E-state index contributed by atoms with van der Waals surface area (Å²) in [5, 5.41) is 3.37. The minimum absolute atomic E-state index is 0.0578. The number of rotatable bonds is 2. The van der Waals surface area contributed by atoms with E-state index in [9.17, 15) is 4.79 Å². The van der Waals surface area contributed by atoms with Crippen LogP contribution in [0.4, 0.5) is 5.82 Å². The van der Waals surface area contributed by atoms with Crippen LogP contribution in [0.2, 0.25) is 5.02 Å². The highest BCUT2D eigenvalue weighted by Crippen LogP contribution is 2.27. The SMILES string of the molecule is CSc1cc(Cl)cnc1NC(=O)C(C)(C)C. The van der Waals surface area contributed by atoms with Gasteiger partial charge in [0.05, 0.1) is 9.92 Å². The van der Waals surface area contributed by atoms with Crippen LogP contribution in [0.1, 0.15) is 20.8 Å². The predicted molar refractivity (Wildman–Crippen MR) is 69.1 cm³/mol. The Morgan fingerprint density at radius 3 is 2.62 bits per heavy atom. The maximum atomic E-state index is 11.8. The molecule has 0 spiro atoms. The largest absolute Gasteiger partial charge is 0.309 e. The summed E-state index contributed by atoms with van der Waals surface area (Å²) in [6.45, 7) is 5.57. The number of carbonyl (C=O) groups is 1. The smallest absolute Gasteiger partial charge is 0.230 e. The number of thioether (sulfide) groups is 1. The molecule has 0 saturated carbocycles. The van der Waals surface area contributed by atoms with Crippen molar-refractivity contribution in [2.45, 2.75) is 25.7 Å². The number of hydrogen-bond donors (Lipinski definition) is 1. The molecule has 0 aromatic carbocycles. The monoisotopic (exact) mass is 258 g/mol. The van der Waals surface area contributed by atoms with Crippen LogP contribution in [-0.2, 0) is 4.79 Å². The molecule has 0 aliphatic heterocycles.